The van der Waals surface area contributed by atoms with Gasteiger partial charge >= 0.3 is 5.97 Å². The second-order valence-corrected chi connectivity index (χ2v) is 4.03. The molecule has 1 N–H and O–H groups in total. The van der Waals surface area contributed by atoms with Gasteiger partial charge in [-0.25, -0.2) is 9.78 Å². The summed E-state index contributed by atoms with van der Waals surface area (Å²) in [5.41, 5.74) is 1.31. The Kier molecular flexibility index (Phi) is 3.32. The van der Waals surface area contributed by atoms with E-state index in [4.69, 9.17) is 9.84 Å². The molecule has 0 bridgehead atoms. The highest BCUT2D eigenvalue weighted by atomic mass is 16.5. The van der Waals surface area contributed by atoms with Gasteiger partial charge in [-0.3, -0.25) is 0 Å². The summed E-state index contributed by atoms with van der Waals surface area (Å²) in [5.74, 6) is 0.319. The van der Waals surface area contributed by atoms with E-state index in [0.29, 0.717) is 5.82 Å². The van der Waals surface area contributed by atoms with Crippen molar-refractivity contribution >= 4 is 5.97 Å². The minimum atomic E-state index is -0.994. The van der Waals surface area contributed by atoms with Crippen molar-refractivity contribution in [1.82, 2.24) is 9.55 Å². The Labute approximate surface area is 105 Å². The number of aromatic carboxylic acids is 1. The summed E-state index contributed by atoms with van der Waals surface area (Å²) in [4.78, 5) is 14.9. The van der Waals surface area contributed by atoms with Gasteiger partial charge in [0.15, 0.2) is 0 Å². The maximum absolute atomic E-state index is 10.8. The van der Waals surface area contributed by atoms with E-state index < -0.39 is 5.97 Å². The summed E-state index contributed by atoms with van der Waals surface area (Å²) in [7, 11) is 1.66. The van der Waals surface area contributed by atoms with Gasteiger partial charge in [-0.2, -0.15) is 0 Å². The smallest absolute Gasteiger partial charge is 0.354 e. The van der Waals surface area contributed by atoms with Crippen LogP contribution in [0.4, 0.5) is 0 Å². The van der Waals surface area contributed by atoms with E-state index in [0.717, 1.165) is 11.3 Å². The van der Waals surface area contributed by atoms with Gasteiger partial charge in [-0.05, 0) is 19.1 Å². The van der Waals surface area contributed by atoms with Crippen LogP contribution in [0.15, 0.2) is 30.5 Å². The third-order valence-corrected chi connectivity index (χ3v) is 2.69. The molecule has 5 nitrogen and oxygen atoms in total. The van der Waals surface area contributed by atoms with Crippen LogP contribution < -0.4 is 4.74 Å². The van der Waals surface area contributed by atoms with Gasteiger partial charge in [0.2, 0.25) is 0 Å². The predicted octanol–water partition coefficient (Wildman–Crippen LogP) is 2.01. The molecule has 0 saturated heterocycles. The Bertz CT molecular complexity index is 558. The molecular formula is C13H14N2O3. The maximum atomic E-state index is 10.8. The number of carboxylic acids is 1. The largest absolute Gasteiger partial charge is 0.486 e. The van der Waals surface area contributed by atoms with Gasteiger partial charge in [-0.1, -0.05) is 17.7 Å². The number of benzene rings is 1. The molecule has 18 heavy (non-hydrogen) atoms. The molecule has 0 amide bonds. The molecule has 0 spiro atoms. The molecular weight excluding hydrogens is 232 g/mol. The topological polar surface area (TPSA) is 64.3 Å². The fourth-order valence-electron chi connectivity index (χ4n) is 1.56. The highest BCUT2D eigenvalue weighted by Gasteiger charge is 2.12. The molecule has 0 atom stereocenters. The zero-order chi connectivity index (χ0) is 13.1. The molecule has 94 valence electrons. The molecule has 2 aromatic rings. The van der Waals surface area contributed by atoms with Crippen molar-refractivity contribution in [3.05, 3.63) is 47.5 Å². The van der Waals surface area contributed by atoms with E-state index in [2.05, 4.69) is 4.98 Å². The lowest BCUT2D eigenvalue weighted by Gasteiger charge is -2.07. The Morgan fingerprint density at radius 3 is 2.61 bits per heavy atom. The van der Waals surface area contributed by atoms with Crippen LogP contribution >= 0.6 is 0 Å². The van der Waals surface area contributed by atoms with Crippen molar-refractivity contribution in [2.24, 2.45) is 7.05 Å². The number of carboxylic acid groups (broad SMARTS) is 1. The van der Waals surface area contributed by atoms with E-state index in [9.17, 15) is 4.79 Å². The predicted molar refractivity (Wildman–Crippen MR) is 65.7 cm³/mol. The molecule has 1 aromatic heterocycles. The van der Waals surface area contributed by atoms with Gasteiger partial charge in [-0.15, -0.1) is 0 Å². The molecule has 2 rings (SSSR count). The van der Waals surface area contributed by atoms with E-state index in [1.807, 2.05) is 31.2 Å². The number of imidazole rings is 1. The van der Waals surface area contributed by atoms with E-state index >= 15 is 0 Å². The zero-order valence-electron chi connectivity index (χ0n) is 10.3. The lowest BCUT2D eigenvalue weighted by atomic mass is 10.2. The maximum Gasteiger partial charge on any atom is 0.354 e. The third kappa shape index (κ3) is 2.51. The van der Waals surface area contributed by atoms with Gasteiger partial charge in [0.25, 0.3) is 0 Å². The average Bonchev–Trinajstić information content (AvgIpc) is 2.70. The summed E-state index contributed by atoms with van der Waals surface area (Å²) >= 11 is 0. The quantitative estimate of drug-likeness (QED) is 0.896. The van der Waals surface area contributed by atoms with Gasteiger partial charge in [0.05, 0.1) is 6.20 Å². The first-order valence-corrected chi connectivity index (χ1v) is 5.51. The van der Waals surface area contributed by atoms with Crippen LogP contribution in [-0.4, -0.2) is 20.6 Å². The normalized spacial score (nSPS) is 10.3. The van der Waals surface area contributed by atoms with Crippen molar-refractivity contribution in [3.8, 4) is 5.75 Å². The average molecular weight is 246 g/mol. The lowest BCUT2D eigenvalue weighted by Crippen LogP contribution is -2.09. The Morgan fingerprint density at radius 1 is 1.39 bits per heavy atom. The highest BCUT2D eigenvalue weighted by Crippen LogP contribution is 2.13. The Morgan fingerprint density at radius 2 is 2.06 bits per heavy atom. The molecule has 0 fully saturated rings. The summed E-state index contributed by atoms with van der Waals surface area (Å²) in [6.07, 6.45) is 1.33. The van der Waals surface area contributed by atoms with Crippen LogP contribution in [-0.2, 0) is 13.7 Å². The first kappa shape index (κ1) is 12.2. The molecule has 0 radical (unpaired) electrons. The van der Waals surface area contributed by atoms with E-state index in [1.54, 1.807) is 7.05 Å². The van der Waals surface area contributed by atoms with Gasteiger partial charge in [0.1, 0.15) is 23.9 Å². The van der Waals surface area contributed by atoms with Crippen LogP contribution in [0.25, 0.3) is 0 Å². The van der Waals surface area contributed by atoms with E-state index in [-0.39, 0.29) is 12.3 Å². The van der Waals surface area contributed by atoms with Crippen LogP contribution in [0.5, 0.6) is 5.75 Å². The van der Waals surface area contributed by atoms with Crippen molar-refractivity contribution in [3.63, 3.8) is 0 Å². The minimum Gasteiger partial charge on any atom is -0.486 e. The number of hydrogen-bond acceptors (Lipinski definition) is 3. The molecule has 0 aliphatic heterocycles. The Hall–Kier alpha value is -2.30. The van der Waals surface area contributed by atoms with Crippen molar-refractivity contribution in [1.29, 1.82) is 0 Å². The van der Waals surface area contributed by atoms with Crippen LogP contribution in [0.1, 0.15) is 21.9 Å². The molecule has 0 unspecified atom stereocenters. The van der Waals surface area contributed by atoms with Gasteiger partial charge in [0, 0.05) is 7.05 Å². The zero-order valence-corrected chi connectivity index (χ0v) is 10.3. The highest BCUT2D eigenvalue weighted by molar-refractivity contribution is 5.85. The molecule has 1 heterocycles. The van der Waals surface area contributed by atoms with E-state index in [1.165, 1.54) is 10.8 Å². The van der Waals surface area contributed by atoms with Crippen LogP contribution in [0, 0.1) is 6.92 Å². The summed E-state index contributed by atoms with van der Waals surface area (Å²) in [5, 5.41) is 8.89. The molecule has 1 aromatic carbocycles. The number of carbonyl (C=O) groups is 1. The monoisotopic (exact) mass is 246 g/mol. The minimum absolute atomic E-state index is 0.150. The van der Waals surface area contributed by atoms with Crippen LogP contribution in [0.2, 0.25) is 0 Å². The van der Waals surface area contributed by atoms with Crippen molar-refractivity contribution in [2.75, 3.05) is 0 Å². The Balaban J connectivity index is 2.06. The lowest BCUT2D eigenvalue weighted by molar-refractivity contribution is 0.0686. The van der Waals surface area contributed by atoms with Crippen molar-refractivity contribution in [2.45, 2.75) is 13.5 Å². The first-order valence-electron chi connectivity index (χ1n) is 5.51. The summed E-state index contributed by atoms with van der Waals surface area (Å²) in [6.45, 7) is 2.24. The summed E-state index contributed by atoms with van der Waals surface area (Å²) in [6, 6.07) is 7.65. The molecule has 0 aliphatic carbocycles. The number of nitrogens with zero attached hydrogens (tertiary/aromatic N) is 2. The summed E-state index contributed by atoms with van der Waals surface area (Å²) < 4.78 is 7.06. The fraction of sp³-hybridized carbons (Fsp3) is 0.231. The fourth-order valence-corrected chi connectivity index (χ4v) is 1.56. The second kappa shape index (κ2) is 4.91. The number of aromatic nitrogens is 2. The van der Waals surface area contributed by atoms with Crippen LogP contribution in [0.3, 0.4) is 0 Å². The number of aryl methyl sites for hydroxylation is 1. The van der Waals surface area contributed by atoms with Crippen molar-refractivity contribution < 1.29 is 14.6 Å². The molecule has 5 heteroatoms. The molecule has 0 saturated carbocycles. The SMILES string of the molecule is Cc1ccc(OCc2ncc(C(=O)O)n2C)cc1. The number of ether oxygens (including phenoxy) is 1. The third-order valence-electron chi connectivity index (χ3n) is 2.69. The number of rotatable bonds is 4. The second-order valence-electron chi connectivity index (χ2n) is 4.03. The first-order chi connectivity index (χ1) is 8.58. The number of hydrogen-bond donors (Lipinski definition) is 1. The molecule has 0 aliphatic rings. The standard InChI is InChI=1S/C13H14N2O3/c1-9-3-5-10(6-4-9)18-8-12-14-7-11(13(16)17)15(12)2/h3-7H,8H2,1-2H3,(H,16,17). The van der Waals surface area contributed by atoms with Gasteiger partial charge < -0.3 is 14.4 Å².